The van der Waals surface area contributed by atoms with E-state index < -0.39 is 27.3 Å². The maximum Gasteiger partial charge on any atom is 0.277 e. The third-order valence-electron chi connectivity index (χ3n) is 8.00. The minimum absolute atomic E-state index is 0.111. The SMILES string of the molecule is CNC(=O)c1c(-c2ccc(F)cc2)oc2cc(N(C)S(C)(=O)=O)c(-c3ccc4nnn(Cc5ccc(C)cc5OC)c(=O)c4c3)cc12. The van der Waals surface area contributed by atoms with E-state index in [-0.39, 0.29) is 34.5 Å². The van der Waals surface area contributed by atoms with Gasteiger partial charge < -0.3 is 14.5 Å². The fourth-order valence-electron chi connectivity index (χ4n) is 5.45. The molecule has 0 saturated heterocycles. The fraction of sp³-hybridized carbons (Fsp3) is 0.176. The number of anilines is 1. The van der Waals surface area contributed by atoms with Crippen molar-refractivity contribution in [1.29, 1.82) is 0 Å². The summed E-state index contributed by atoms with van der Waals surface area (Å²) in [6.07, 6.45) is 1.07. The van der Waals surface area contributed by atoms with Crippen LogP contribution in [0.15, 0.2) is 82.0 Å². The largest absolute Gasteiger partial charge is 0.496 e. The molecule has 0 aliphatic rings. The standard InChI is InChI=1S/C34H30FN5O6S/c1-19-6-7-22(29(14-19)45-4)18-40-34(42)25-15-21(10-13-27(25)37-38-40)24-16-26-30(17-28(24)39(3)47(5,43)44)46-32(31(26)33(41)36-2)20-8-11-23(35)12-9-20/h6-17H,18H2,1-5H3,(H,36,41). The van der Waals surface area contributed by atoms with Crippen molar-refractivity contribution in [1.82, 2.24) is 20.3 Å². The van der Waals surface area contributed by atoms with Gasteiger partial charge in [0, 0.05) is 42.2 Å². The van der Waals surface area contributed by atoms with Crippen LogP contribution in [0.25, 0.3) is 44.3 Å². The first-order valence-corrected chi connectivity index (χ1v) is 16.3. The van der Waals surface area contributed by atoms with Crippen LogP contribution in [0.4, 0.5) is 10.1 Å². The molecule has 240 valence electrons. The van der Waals surface area contributed by atoms with Crippen molar-refractivity contribution in [2.45, 2.75) is 13.5 Å². The Hall–Kier alpha value is -5.56. The molecule has 4 aromatic carbocycles. The first-order valence-electron chi connectivity index (χ1n) is 14.4. The molecule has 0 spiro atoms. The molecule has 1 amide bonds. The number of aromatic nitrogens is 3. The van der Waals surface area contributed by atoms with Gasteiger partial charge in [0.15, 0.2) is 0 Å². The van der Waals surface area contributed by atoms with Crippen LogP contribution in [-0.4, -0.2) is 56.8 Å². The lowest BCUT2D eigenvalue weighted by Gasteiger charge is -2.21. The molecule has 2 aromatic heterocycles. The van der Waals surface area contributed by atoms with Crippen molar-refractivity contribution in [2.24, 2.45) is 0 Å². The van der Waals surface area contributed by atoms with Crippen LogP contribution in [0, 0.1) is 12.7 Å². The second kappa shape index (κ2) is 12.0. The number of amides is 1. The van der Waals surface area contributed by atoms with Crippen molar-refractivity contribution in [3.63, 3.8) is 0 Å². The number of carbonyl (C=O) groups is 1. The smallest absolute Gasteiger partial charge is 0.277 e. The predicted molar refractivity (Wildman–Crippen MR) is 178 cm³/mol. The first-order chi connectivity index (χ1) is 22.4. The molecular weight excluding hydrogens is 625 g/mol. The number of furan rings is 1. The number of halogens is 1. The Morgan fingerprint density at radius 3 is 2.43 bits per heavy atom. The quantitative estimate of drug-likeness (QED) is 0.238. The predicted octanol–water partition coefficient (Wildman–Crippen LogP) is 5.13. The average Bonchev–Trinajstić information content (AvgIpc) is 3.43. The van der Waals surface area contributed by atoms with Gasteiger partial charge in [-0.1, -0.05) is 23.4 Å². The first kappa shape index (κ1) is 31.4. The van der Waals surface area contributed by atoms with E-state index in [1.165, 1.54) is 49.1 Å². The van der Waals surface area contributed by atoms with Crippen LogP contribution in [0.5, 0.6) is 5.75 Å². The highest BCUT2D eigenvalue weighted by molar-refractivity contribution is 7.92. The molecule has 0 radical (unpaired) electrons. The zero-order valence-electron chi connectivity index (χ0n) is 26.2. The number of nitrogens with one attached hydrogen (secondary N) is 1. The molecule has 11 nitrogen and oxygen atoms in total. The molecule has 0 bridgehead atoms. The van der Waals surface area contributed by atoms with Gasteiger partial charge in [-0.15, -0.1) is 5.10 Å². The molecule has 0 atom stereocenters. The number of benzene rings is 4. The molecule has 6 aromatic rings. The maximum atomic E-state index is 13.8. The zero-order valence-corrected chi connectivity index (χ0v) is 27.0. The van der Waals surface area contributed by atoms with Gasteiger partial charge in [-0.25, -0.2) is 17.5 Å². The summed E-state index contributed by atoms with van der Waals surface area (Å²) in [4.78, 5) is 27.0. The summed E-state index contributed by atoms with van der Waals surface area (Å²) in [6, 6.07) is 19.3. The number of rotatable bonds is 8. The Labute approximate surface area is 269 Å². The summed E-state index contributed by atoms with van der Waals surface area (Å²) < 4.78 is 53.3. The molecule has 0 fully saturated rings. The summed E-state index contributed by atoms with van der Waals surface area (Å²) in [5.74, 6) is -0.112. The maximum absolute atomic E-state index is 13.8. The van der Waals surface area contributed by atoms with E-state index in [0.29, 0.717) is 33.3 Å². The minimum Gasteiger partial charge on any atom is -0.496 e. The number of hydrogen-bond donors (Lipinski definition) is 1. The van der Waals surface area contributed by atoms with Crippen molar-refractivity contribution < 1.29 is 26.8 Å². The molecule has 13 heteroatoms. The molecular formula is C34H30FN5O6S. The highest BCUT2D eigenvalue weighted by Crippen LogP contribution is 2.41. The van der Waals surface area contributed by atoms with Crippen LogP contribution >= 0.6 is 0 Å². The van der Waals surface area contributed by atoms with Crippen molar-refractivity contribution >= 4 is 43.5 Å². The highest BCUT2D eigenvalue weighted by Gasteiger charge is 2.26. The number of fused-ring (bicyclic) bond motifs is 2. The number of aryl methyl sites for hydroxylation is 1. The third-order valence-corrected chi connectivity index (χ3v) is 9.19. The van der Waals surface area contributed by atoms with E-state index >= 15 is 0 Å². The van der Waals surface area contributed by atoms with Gasteiger partial charge in [0.2, 0.25) is 10.0 Å². The molecule has 0 aliphatic heterocycles. The second-order valence-corrected chi connectivity index (χ2v) is 13.1. The monoisotopic (exact) mass is 655 g/mol. The number of ether oxygens (including phenoxy) is 1. The van der Waals surface area contributed by atoms with E-state index in [4.69, 9.17) is 9.15 Å². The average molecular weight is 656 g/mol. The summed E-state index contributed by atoms with van der Waals surface area (Å²) >= 11 is 0. The molecule has 47 heavy (non-hydrogen) atoms. The number of methoxy groups -OCH3 is 1. The van der Waals surface area contributed by atoms with Crippen molar-refractivity contribution in [3.05, 3.63) is 106 Å². The molecule has 2 heterocycles. The third kappa shape index (κ3) is 5.81. The van der Waals surface area contributed by atoms with Crippen molar-refractivity contribution in [2.75, 3.05) is 31.8 Å². The number of hydrogen-bond acceptors (Lipinski definition) is 8. The summed E-state index contributed by atoms with van der Waals surface area (Å²) in [7, 11) is 0.665. The second-order valence-electron chi connectivity index (χ2n) is 11.1. The molecule has 0 unspecified atom stereocenters. The Balaban J connectivity index is 1.58. The number of nitrogens with zero attached hydrogens (tertiary/aromatic N) is 4. The van der Waals surface area contributed by atoms with Gasteiger partial charge in [0.25, 0.3) is 11.5 Å². The topological polar surface area (TPSA) is 137 Å². The lowest BCUT2D eigenvalue weighted by Crippen LogP contribution is -2.26. The lowest BCUT2D eigenvalue weighted by molar-refractivity contribution is 0.0964. The van der Waals surface area contributed by atoms with Crippen LogP contribution < -0.4 is 19.9 Å². The Bertz CT molecular complexity index is 2370. The van der Waals surface area contributed by atoms with E-state index in [1.807, 2.05) is 25.1 Å². The van der Waals surface area contributed by atoms with Crippen LogP contribution in [0.3, 0.4) is 0 Å². The van der Waals surface area contributed by atoms with Crippen LogP contribution in [0.2, 0.25) is 0 Å². The molecule has 0 aliphatic carbocycles. The van der Waals surface area contributed by atoms with Crippen LogP contribution in [0.1, 0.15) is 21.5 Å². The van der Waals surface area contributed by atoms with Gasteiger partial charge in [-0.3, -0.25) is 13.9 Å². The van der Waals surface area contributed by atoms with Crippen molar-refractivity contribution in [3.8, 4) is 28.2 Å². The van der Waals surface area contributed by atoms with Gasteiger partial charge in [0.05, 0.1) is 36.5 Å². The Kier molecular flexibility index (Phi) is 8.01. The summed E-state index contributed by atoms with van der Waals surface area (Å²) in [5.41, 5.74) is 3.69. The van der Waals surface area contributed by atoms with Gasteiger partial charge in [-0.05, 0) is 66.6 Å². The highest BCUT2D eigenvalue weighted by atomic mass is 32.2. The number of carbonyl (C=O) groups excluding carboxylic acids is 1. The Morgan fingerprint density at radius 1 is 1.02 bits per heavy atom. The van der Waals surface area contributed by atoms with E-state index in [1.54, 1.807) is 31.4 Å². The lowest BCUT2D eigenvalue weighted by atomic mass is 9.97. The minimum atomic E-state index is -3.77. The van der Waals surface area contributed by atoms with Gasteiger partial charge in [-0.2, -0.15) is 0 Å². The summed E-state index contributed by atoms with van der Waals surface area (Å²) in [5, 5.41) is 11.7. The zero-order chi connectivity index (χ0) is 33.6. The van der Waals surface area contributed by atoms with E-state index in [9.17, 15) is 22.4 Å². The Morgan fingerprint density at radius 2 is 1.74 bits per heavy atom. The fourth-order valence-corrected chi connectivity index (χ4v) is 5.96. The molecule has 6 rings (SSSR count). The summed E-state index contributed by atoms with van der Waals surface area (Å²) in [6.45, 7) is 2.05. The van der Waals surface area contributed by atoms with E-state index in [0.717, 1.165) is 21.7 Å². The van der Waals surface area contributed by atoms with E-state index in [2.05, 4.69) is 15.6 Å². The van der Waals surface area contributed by atoms with Gasteiger partial charge >= 0.3 is 0 Å². The molecule has 1 N–H and O–H groups in total. The van der Waals surface area contributed by atoms with Crippen LogP contribution in [-0.2, 0) is 16.6 Å². The van der Waals surface area contributed by atoms with Gasteiger partial charge in [0.1, 0.15) is 28.4 Å². The molecule has 0 saturated carbocycles. The normalized spacial score (nSPS) is 11.6. The number of sulfonamides is 1.